The van der Waals surface area contributed by atoms with Crippen molar-refractivity contribution in [2.24, 2.45) is 0 Å². The smallest absolute Gasteiger partial charge is 0.132 e. The van der Waals surface area contributed by atoms with Crippen molar-refractivity contribution in [2.45, 2.75) is 38.1 Å². The van der Waals surface area contributed by atoms with Crippen molar-refractivity contribution in [3.63, 3.8) is 0 Å². The molecule has 3 heteroatoms. The molecule has 0 unspecified atom stereocenters. The van der Waals surface area contributed by atoms with Crippen LogP contribution in [0.2, 0.25) is 0 Å². The maximum atomic E-state index is 6.03. The molecule has 0 saturated carbocycles. The molecule has 0 radical (unpaired) electrons. The van der Waals surface area contributed by atoms with Crippen LogP contribution in [0.25, 0.3) is 0 Å². The van der Waals surface area contributed by atoms with Crippen LogP contribution in [-0.2, 0) is 11.2 Å². The number of ether oxygens (including phenoxy) is 2. The predicted octanol–water partition coefficient (Wildman–Crippen LogP) is 3.23. The molecule has 1 fully saturated rings. The summed E-state index contributed by atoms with van der Waals surface area (Å²) in [4.78, 5) is 0. The van der Waals surface area contributed by atoms with Crippen LogP contribution in [0.5, 0.6) is 5.75 Å². The fourth-order valence-corrected chi connectivity index (χ4v) is 3.10. The standard InChI is InChI=1S/C13H15BrO2/c1-2-8-4-3-5-10-12(8)13-11(16-10)6-9(7-14)15-13/h3-5,9,11,13H,2,6-7H2,1H3/t9-,11-,13+/m0/s1. The number of hydrogen-bond acceptors (Lipinski definition) is 2. The minimum Gasteiger partial charge on any atom is -0.487 e. The first-order chi connectivity index (χ1) is 7.83. The molecular weight excluding hydrogens is 268 g/mol. The van der Waals surface area contributed by atoms with Gasteiger partial charge in [-0.1, -0.05) is 35.0 Å². The normalized spacial score (nSPS) is 31.0. The SMILES string of the molecule is CCc1cccc2c1[C@@H]1O[C@H](CBr)C[C@@H]1O2. The minimum absolute atomic E-state index is 0.161. The van der Waals surface area contributed by atoms with Gasteiger partial charge in [-0.25, -0.2) is 0 Å². The maximum Gasteiger partial charge on any atom is 0.132 e. The Morgan fingerprint density at radius 2 is 2.31 bits per heavy atom. The molecule has 2 aliphatic heterocycles. The van der Waals surface area contributed by atoms with Crippen molar-refractivity contribution in [3.8, 4) is 5.75 Å². The van der Waals surface area contributed by atoms with Crippen molar-refractivity contribution in [2.75, 3.05) is 5.33 Å². The van der Waals surface area contributed by atoms with E-state index in [2.05, 4.69) is 41.1 Å². The van der Waals surface area contributed by atoms with Crippen molar-refractivity contribution >= 4 is 15.9 Å². The molecule has 0 aromatic heterocycles. The summed E-state index contributed by atoms with van der Waals surface area (Å²) in [7, 11) is 0. The Labute approximate surface area is 104 Å². The lowest BCUT2D eigenvalue weighted by atomic mass is 9.99. The third-order valence-electron chi connectivity index (χ3n) is 3.44. The Hall–Kier alpha value is -0.540. The van der Waals surface area contributed by atoms with Gasteiger partial charge in [0.15, 0.2) is 0 Å². The van der Waals surface area contributed by atoms with E-state index in [4.69, 9.17) is 9.47 Å². The molecule has 0 amide bonds. The number of alkyl halides is 1. The number of fused-ring (bicyclic) bond motifs is 3. The van der Waals surface area contributed by atoms with Gasteiger partial charge in [0.25, 0.3) is 0 Å². The van der Waals surface area contributed by atoms with Gasteiger partial charge in [-0.05, 0) is 18.1 Å². The van der Waals surface area contributed by atoms with Crippen molar-refractivity contribution < 1.29 is 9.47 Å². The van der Waals surface area contributed by atoms with Gasteiger partial charge < -0.3 is 9.47 Å². The van der Waals surface area contributed by atoms with Crippen molar-refractivity contribution in [3.05, 3.63) is 29.3 Å². The zero-order valence-corrected chi connectivity index (χ0v) is 10.9. The second-order valence-electron chi connectivity index (χ2n) is 4.41. The summed E-state index contributed by atoms with van der Waals surface area (Å²) in [5.41, 5.74) is 2.65. The zero-order chi connectivity index (χ0) is 11.1. The molecule has 0 aliphatic carbocycles. The van der Waals surface area contributed by atoms with Crippen LogP contribution in [0.4, 0.5) is 0 Å². The third-order valence-corrected chi connectivity index (χ3v) is 4.17. The molecule has 1 aromatic carbocycles. The first-order valence-electron chi connectivity index (χ1n) is 5.83. The zero-order valence-electron chi connectivity index (χ0n) is 9.28. The topological polar surface area (TPSA) is 18.5 Å². The lowest BCUT2D eigenvalue weighted by molar-refractivity contribution is 0.0427. The minimum atomic E-state index is 0.161. The summed E-state index contributed by atoms with van der Waals surface area (Å²) >= 11 is 3.48. The van der Waals surface area contributed by atoms with E-state index in [1.807, 2.05) is 0 Å². The van der Waals surface area contributed by atoms with E-state index < -0.39 is 0 Å². The molecule has 16 heavy (non-hydrogen) atoms. The van der Waals surface area contributed by atoms with Gasteiger partial charge in [-0.2, -0.15) is 0 Å². The molecule has 2 aliphatic rings. The quantitative estimate of drug-likeness (QED) is 0.776. The fourth-order valence-electron chi connectivity index (χ4n) is 2.68. The van der Waals surface area contributed by atoms with E-state index >= 15 is 0 Å². The number of rotatable bonds is 2. The first-order valence-corrected chi connectivity index (χ1v) is 6.95. The molecule has 2 nitrogen and oxygen atoms in total. The predicted molar refractivity (Wildman–Crippen MR) is 66.3 cm³/mol. The van der Waals surface area contributed by atoms with Gasteiger partial charge in [0, 0.05) is 17.3 Å². The summed E-state index contributed by atoms with van der Waals surface area (Å²) in [6, 6.07) is 6.30. The highest BCUT2D eigenvalue weighted by molar-refractivity contribution is 9.09. The molecule has 3 rings (SSSR count). The molecule has 0 bridgehead atoms. The van der Waals surface area contributed by atoms with Gasteiger partial charge >= 0.3 is 0 Å². The largest absolute Gasteiger partial charge is 0.487 e. The highest BCUT2D eigenvalue weighted by Crippen LogP contribution is 2.47. The van der Waals surface area contributed by atoms with E-state index in [1.54, 1.807) is 0 Å². The molecular formula is C13H15BrO2. The summed E-state index contributed by atoms with van der Waals surface area (Å²) in [6.45, 7) is 2.18. The first kappa shape index (κ1) is 10.6. The third kappa shape index (κ3) is 1.49. The monoisotopic (exact) mass is 282 g/mol. The number of halogens is 1. The highest BCUT2D eigenvalue weighted by atomic mass is 79.9. The van der Waals surface area contributed by atoms with Crippen LogP contribution in [0.3, 0.4) is 0 Å². The molecule has 0 N–H and O–H groups in total. The molecule has 86 valence electrons. The van der Waals surface area contributed by atoms with Gasteiger partial charge in [-0.3, -0.25) is 0 Å². The Morgan fingerprint density at radius 1 is 1.44 bits per heavy atom. The van der Waals surface area contributed by atoms with Crippen molar-refractivity contribution in [1.29, 1.82) is 0 Å². The van der Waals surface area contributed by atoms with Gasteiger partial charge in [0.2, 0.25) is 0 Å². The lowest BCUT2D eigenvalue weighted by Crippen LogP contribution is -2.13. The lowest BCUT2D eigenvalue weighted by Gasteiger charge is -2.12. The average molecular weight is 283 g/mol. The van der Waals surface area contributed by atoms with Crippen molar-refractivity contribution in [1.82, 2.24) is 0 Å². The highest BCUT2D eigenvalue weighted by Gasteiger charge is 2.44. The van der Waals surface area contributed by atoms with Gasteiger partial charge in [-0.15, -0.1) is 0 Å². The molecule has 1 saturated heterocycles. The summed E-state index contributed by atoms with van der Waals surface area (Å²) < 4.78 is 12.0. The number of hydrogen-bond donors (Lipinski definition) is 0. The van der Waals surface area contributed by atoms with E-state index in [0.29, 0.717) is 6.10 Å². The van der Waals surface area contributed by atoms with E-state index in [1.165, 1.54) is 11.1 Å². The van der Waals surface area contributed by atoms with E-state index in [9.17, 15) is 0 Å². The van der Waals surface area contributed by atoms with Crippen LogP contribution < -0.4 is 4.74 Å². The van der Waals surface area contributed by atoms with Crippen LogP contribution in [0, 0.1) is 0 Å². The Morgan fingerprint density at radius 3 is 3.06 bits per heavy atom. The van der Waals surface area contributed by atoms with E-state index in [0.717, 1.165) is 23.9 Å². The van der Waals surface area contributed by atoms with Crippen LogP contribution >= 0.6 is 15.9 Å². The molecule has 2 heterocycles. The summed E-state index contributed by atoms with van der Waals surface area (Å²) in [5.74, 6) is 1.03. The summed E-state index contributed by atoms with van der Waals surface area (Å²) in [6.07, 6.45) is 2.72. The molecule has 0 spiro atoms. The molecule has 1 aromatic rings. The Kier molecular flexibility index (Phi) is 2.68. The van der Waals surface area contributed by atoms with E-state index in [-0.39, 0.29) is 12.2 Å². The number of benzene rings is 1. The van der Waals surface area contributed by atoms with Gasteiger partial charge in [0.1, 0.15) is 18.0 Å². The van der Waals surface area contributed by atoms with Crippen LogP contribution in [0.15, 0.2) is 18.2 Å². The average Bonchev–Trinajstić information content (AvgIpc) is 2.84. The Balaban J connectivity index is 1.97. The van der Waals surface area contributed by atoms with Crippen LogP contribution in [0.1, 0.15) is 30.6 Å². The fraction of sp³-hybridized carbons (Fsp3) is 0.538. The van der Waals surface area contributed by atoms with Gasteiger partial charge in [0.05, 0.1) is 6.10 Å². The second kappa shape index (κ2) is 4.04. The van der Waals surface area contributed by atoms with Crippen LogP contribution in [-0.4, -0.2) is 17.5 Å². The molecule has 3 atom stereocenters. The maximum absolute atomic E-state index is 6.03. The number of aryl methyl sites for hydroxylation is 1. The summed E-state index contributed by atoms with van der Waals surface area (Å²) in [5, 5.41) is 0.896. The Bertz CT molecular complexity index is 405. The second-order valence-corrected chi connectivity index (χ2v) is 5.05.